The molecule has 0 radical (unpaired) electrons. The van der Waals surface area contributed by atoms with E-state index >= 15 is 0 Å². The summed E-state index contributed by atoms with van der Waals surface area (Å²) in [6.45, 7) is 0.861. The normalized spacial score (nSPS) is 23.3. The molecule has 2 amide bonds. The van der Waals surface area contributed by atoms with Crippen LogP contribution in [-0.4, -0.2) is 23.4 Å². The molecule has 36 heavy (non-hydrogen) atoms. The standard InChI is InChI=1S/C32H26N2O2/c35-31-29-27-23-15-7-8-16-24(23)28(26-18-10-9-17-25(26)27)30(29)32(36)34(31)20-33(22-13-5-2-6-14-22)19-21-11-3-1-4-12-21/h1-18,27-30H,19-20H2/t27?,28?,29-,30-/m0/s1. The molecule has 1 heterocycles. The molecule has 2 bridgehead atoms. The number of carbonyl (C=O) groups is 2. The monoisotopic (exact) mass is 470 g/mol. The van der Waals surface area contributed by atoms with Crippen molar-refractivity contribution in [2.45, 2.75) is 18.4 Å². The number of benzene rings is 4. The number of nitrogens with zero attached hydrogens (tertiary/aromatic N) is 2. The van der Waals surface area contributed by atoms with E-state index in [1.165, 1.54) is 27.2 Å². The van der Waals surface area contributed by atoms with E-state index in [1.54, 1.807) is 0 Å². The Balaban J connectivity index is 1.28. The lowest BCUT2D eigenvalue weighted by Gasteiger charge is -2.45. The Morgan fingerprint density at radius 3 is 1.44 bits per heavy atom. The Labute approximate surface area is 210 Å². The molecule has 2 atom stereocenters. The van der Waals surface area contributed by atoms with Crippen molar-refractivity contribution >= 4 is 17.5 Å². The van der Waals surface area contributed by atoms with E-state index in [-0.39, 0.29) is 42.2 Å². The van der Waals surface area contributed by atoms with Gasteiger partial charge < -0.3 is 4.90 Å². The van der Waals surface area contributed by atoms with Gasteiger partial charge in [0.05, 0.1) is 11.8 Å². The zero-order valence-corrected chi connectivity index (χ0v) is 19.8. The molecular formula is C32H26N2O2. The molecule has 4 aliphatic rings. The van der Waals surface area contributed by atoms with Gasteiger partial charge in [0.2, 0.25) is 11.8 Å². The maximum absolute atomic E-state index is 14.1. The fourth-order valence-electron chi connectivity index (χ4n) is 6.71. The van der Waals surface area contributed by atoms with Gasteiger partial charge in [0.15, 0.2) is 0 Å². The Hall–Kier alpha value is -4.18. The largest absolute Gasteiger partial charge is 0.349 e. The van der Waals surface area contributed by atoms with E-state index in [2.05, 4.69) is 41.3 Å². The van der Waals surface area contributed by atoms with Crippen molar-refractivity contribution in [3.8, 4) is 0 Å². The van der Waals surface area contributed by atoms with Gasteiger partial charge in [0.1, 0.15) is 6.67 Å². The van der Waals surface area contributed by atoms with Crippen LogP contribution in [-0.2, 0) is 16.1 Å². The summed E-state index contributed by atoms with van der Waals surface area (Å²) in [5, 5.41) is 0. The lowest BCUT2D eigenvalue weighted by molar-refractivity contribution is -0.140. The Kier molecular flexibility index (Phi) is 4.81. The van der Waals surface area contributed by atoms with Crippen LogP contribution in [0.1, 0.15) is 39.7 Å². The first kappa shape index (κ1) is 21.1. The summed E-state index contributed by atoms with van der Waals surface area (Å²) < 4.78 is 0. The second-order valence-corrected chi connectivity index (χ2v) is 10.0. The number of hydrogen-bond acceptors (Lipinski definition) is 3. The highest BCUT2D eigenvalue weighted by Gasteiger charge is 2.61. The highest BCUT2D eigenvalue weighted by atomic mass is 16.2. The summed E-state index contributed by atoms with van der Waals surface area (Å²) in [7, 11) is 0. The number of imide groups is 1. The van der Waals surface area contributed by atoms with Gasteiger partial charge in [-0.1, -0.05) is 97.1 Å². The summed E-state index contributed by atoms with van der Waals surface area (Å²) in [4.78, 5) is 31.8. The molecule has 1 aliphatic heterocycles. The van der Waals surface area contributed by atoms with Gasteiger partial charge >= 0.3 is 0 Å². The number of rotatable bonds is 5. The van der Waals surface area contributed by atoms with Crippen LogP contribution in [0.5, 0.6) is 0 Å². The van der Waals surface area contributed by atoms with Crippen LogP contribution >= 0.6 is 0 Å². The molecule has 4 nitrogen and oxygen atoms in total. The second-order valence-electron chi connectivity index (χ2n) is 10.0. The topological polar surface area (TPSA) is 40.6 Å². The first-order valence-electron chi connectivity index (χ1n) is 12.6. The van der Waals surface area contributed by atoms with Crippen molar-refractivity contribution in [2.75, 3.05) is 11.6 Å². The predicted octanol–water partition coefficient (Wildman–Crippen LogP) is 5.54. The van der Waals surface area contributed by atoms with Crippen LogP contribution in [0.25, 0.3) is 0 Å². The number of para-hydroxylation sites is 1. The molecule has 176 valence electrons. The molecule has 0 saturated carbocycles. The van der Waals surface area contributed by atoms with E-state index in [0.717, 1.165) is 11.3 Å². The molecular weight excluding hydrogens is 444 g/mol. The molecule has 0 aromatic heterocycles. The first-order valence-corrected chi connectivity index (χ1v) is 12.6. The second kappa shape index (κ2) is 8.20. The summed E-state index contributed by atoms with van der Waals surface area (Å²) in [6, 6.07) is 37.0. The average Bonchev–Trinajstić information content (AvgIpc) is 3.19. The Bertz CT molecular complexity index is 1350. The number of carbonyl (C=O) groups excluding carboxylic acids is 2. The predicted molar refractivity (Wildman–Crippen MR) is 139 cm³/mol. The molecule has 8 rings (SSSR count). The van der Waals surface area contributed by atoms with E-state index in [1.807, 2.05) is 72.8 Å². The molecule has 3 aliphatic carbocycles. The Morgan fingerprint density at radius 1 is 0.556 bits per heavy atom. The average molecular weight is 471 g/mol. The van der Waals surface area contributed by atoms with Crippen LogP contribution in [0, 0.1) is 11.8 Å². The lowest BCUT2D eigenvalue weighted by atomic mass is 9.55. The molecule has 4 aromatic rings. The smallest absolute Gasteiger partial charge is 0.235 e. The number of hydrogen-bond donors (Lipinski definition) is 0. The van der Waals surface area contributed by atoms with E-state index in [9.17, 15) is 9.59 Å². The van der Waals surface area contributed by atoms with Crippen molar-refractivity contribution in [3.05, 3.63) is 137 Å². The summed E-state index contributed by atoms with van der Waals surface area (Å²) >= 11 is 0. The zero-order chi connectivity index (χ0) is 24.2. The SMILES string of the molecule is O=C1[C@H]2C3c4ccccc4C(c4ccccc43)[C@@H]2C(=O)N1CN(Cc1ccccc1)c1ccccc1. The third kappa shape index (κ3) is 3.07. The van der Waals surface area contributed by atoms with Crippen molar-refractivity contribution in [2.24, 2.45) is 11.8 Å². The van der Waals surface area contributed by atoms with Crippen LogP contribution in [0.3, 0.4) is 0 Å². The van der Waals surface area contributed by atoms with Crippen LogP contribution in [0.4, 0.5) is 5.69 Å². The van der Waals surface area contributed by atoms with Crippen molar-refractivity contribution in [3.63, 3.8) is 0 Å². The molecule has 0 N–H and O–H groups in total. The van der Waals surface area contributed by atoms with Crippen LogP contribution in [0.2, 0.25) is 0 Å². The van der Waals surface area contributed by atoms with Crippen LogP contribution in [0.15, 0.2) is 109 Å². The number of likely N-dealkylation sites (tertiary alicyclic amines) is 1. The number of amides is 2. The van der Waals surface area contributed by atoms with Gasteiger partial charge in [0, 0.05) is 24.1 Å². The van der Waals surface area contributed by atoms with E-state index in [0.29, 0.717) is 6.54 Å². The van der Waals surface area contributed by atoms with E-state index < -0.39 is 0 Å². The molecule has 1 fully saturated rings. The molecule has 0 spiro atoms. The minimum absolute atomic E-state index is 0.0435. The first-order chi connectivity index (χ1) is 17.7. The van der Waals surface area contributed by atoms with Crippen molar-refractivity contribution in [1.29, 1.82) is 0 Å². The van der Waals surface area contributed by atoms with E-state index in [4.69, 9.17) is 0 Å². The fraction of sp³-hybridized carbons (Fsp3) is 0.188. The quantitative estimate of drug-likeness (QED) is 0.360. The van der Waals surface area contributed by atoms with Crippen molar-refractivity contribution in [1.82, 2.24) is 4.90 Å². The van der Waals surface area contributed by atoms with Gasteiger partial charge in [0.25, 0.3) is 0 Å². The van der Waals surface area contributed by atoms with Gasteiger partial charge in [-0.25, -0.2) is 0 Å². The molecule has 4 heteroatoms. The summed E-state index contributed by atoms with van der Waals surface area (Å²) in [5.41, 5.74) is 6.94. The van der Waals surface area contributed by atoms with Crippen LogP contribution < -0.4 is 4.90 Å². The maximum atomic E-state index is 14.1. The van der Waals surface area contributed by atoms with Crippen molar-refractivity contribution < 1.29 is 9.59 Å². The summed E-state index contributed by atoms with van der Waals surface area (Å²) in [6.07, 6.45) is 0. The van der Waals surface area contributed by atoms with Gasteiger partial charge in [-0.05, 0) is 39.9 Å². The number of anilines is 1. The molecule has 1 saturated heterocycles. The highest BCUT2D eigenvalue weighted by Crippen LogP contribution is 2.60. The van der Waals surface area contributed by atoms with Gasteiger partial charge in [-0.15, -0.1) is 0 Å². The Morgan fingerprint density at radius 2 is 0.972 bits per heavy atom. The fourth-order valence-corrected chi connectivity index (χ4v) is 6.71. The minimum Gasteiger partial charge on any atom is -0.349 e. The minimum atomic E-state index is -0.346. The lowest BCUT2D eigenvalue weighted by Crippen LogP contribution is -2.42. The third-order valence-electron chi connectivity index (χ3n) is 8.19. The van der Waals surface area contributed by atoms with Gasteiger partial charge in [-0.3, -0.25) is 14.5 Å². The molecule has 4 aromatic carbocycles. The highest BCUT2D eigenvalue weighted by molar-refractivity contribution is 6.07. The molecule has 0 unspecified atom stereocenters. The maximum Gasteiger partial charge on any atom is 0.235 e. The summed E-state index contributed by atoms with van der Waals surface area (Å²) in [5.74, 6) is -0.930. The third-order valence-corrected chi connectivity index (χ3v) is 8.19. The van der Waals surface area contributed by atoms with Gasteiger partial charge in [-0.2, -0.15) is 0 Å². The zero-order valence-electron chi connectivity index (χ0n) is 19.8.